The molecule has 0 radical (unpaired) electrons. The molecule has 6 nitrogen and oxygen atoms in total. The Morgan fingerprint density at radius 1 is 1.24 bits per heavy atom. The number of likely N-dealkylation sites (N-methyl/N-ethyl adjacent to an activating group) is 1. The van der Waals surface area contributed by atoms with Crippen LogP contribution in [0, 0.1) is 0 Å². The van der Waals surface area contributed by atoms with Crippen molar-refractivity contribution in [1.82, 2.24) is 15.0 Å². The van der Waals surface area contributed by atoms with Crippen molar-refractivity contribution in [1.29, 1.82) is 0 Å². The summed E-state index contributed by atoms with van der Waals surface area (Å²) < 4.78 is 10.9. The van der Waals surface area contributed by atoms with Crippen molar-refractivity contribution in [3.63, 3.8) is 0 Å². The topological polar surface area (TPSA) is 68.5 Å². The van der Waals surface area contributed by atoms with Gasteiger partial charge in [0.15, 0.2) is 12.4 Å². The Hall–Kier alpha value is -2.37. The number of hydrogen-bond donors (Lipinski definition) is 0. The van der Waals surface area contributed by atoms with Crippen LogP contribution in [0.5, 0.6) is 5.75 Å². The van der Waals surface area contributed by atoms with Gasteiger partial charge < -0.3 is 14.2 Å². The summed E-state index contributed by atoms with van der Waals surface area (Å²) in [4.78, 5) is 18.3. The van der Waals surface area contributed by atoms with Crippen LogP contribution in [0.2, 0.25) is 0 Å². The maximum absolute atomic E-state index is 12.1. The minimum atomic E-state index is -0.0696. The summed E-state index contributed by atoms with van der Waals surface area (Å²) in [5.74, 6) is 2.47. The Labute approximate surface area is 148 Å². The summed E-state index contributed by atoms with van der Waals surface area (Å²) in [5, 5.41) is 4.06. The molecule has 1 aromatic heterocycles. The van der Waals surface area contributed by atoms with Crippen molar-refractivity contribution in [3.05, 3.63) is 42.0 Å². The molecule has 25 heavy (non-hydrogen) atoms. The molecule has 134 valence electrons. The fraction of sp³-hybridized carbons (Fsp3) is 0.526. The Morgan fingerprint density at radius 2 is 2.00 bits per heavy atom. The van der Waals surface area contributed by atoms with E-state index in [-0.39, 0.29) is 12.5 Å². The first-order chi connectivity index (χ1) is 12.2. The maximum atomic E-state index is 12.1. The van der Waals surface area contributed by atoms with Crippen LogP contribution in [0.25, 0.3) is 0 Å². The zero-order valence-electron chi connectivity index (χ0n) is 14.7. The molecule has 1 amide bonds. The van der Waals surface area contributed by atoms with Crippen LogP contribution >= 0.6 is 0 Å². The second-order valence-corrected chi connectivity index (χ2v) is 6.55. The smallest absolute Gasteiger partial charge is 0.260 e. The van der Waals surface area contributed by atoms with Crippen molar-refractivity contribution in [2.24, 2.45) is 0 Å². The highest BCUT2D eigenvalue weighted by Gasteiger charge is 2.21. The third kappa shape index (κ3) is 5.05. The number of amides is 1. The largest absolute Gasteiger partial charge is 0.484 e. The lowest BCUT2D eigenvalue weighted by molar-refractivity contribution is -0.132. The molecule has 3 rings (SSSR count). The first-order valence-electron chi connectivity index (χ1n) is 8.96. The van der Waals surface area contributed by atoms with E-state index in [2.05, 4.69) is 10.1 Å². The van der Waals surface area contributed by atoms with Gasteiger partial charge in [0.05, 0.1) is 0 Å². The lowest BCUT2D eigenvalue weighted by Crippen LogP contribution is -2.33. The molecule has 2 aromatic rings. The minimum absolute atomic E-state index is 0.0279. The number of aromatic nitrogens is 2. The molecule has 0 aliphatic heterocycles. The number of rotatable bonds is 7. The molecule has 0 unspecified atom stereocenters. The standard InChI is InChI=1S/C19H25N3O3/c1-22(18(23)14-24-16-10-6-3-7-11-16)13-12-17-20-19(25-21-17)15-8-4-2-5-9-15/h3,6-7,10-11,15H,2,4-5,8-9,12-14H2,1H3. The molecule has 0 bridgehead atoms. The Kier molecular flexibility index (Phi) is 6.04. The van der Waals surface area contributed by atoms with Gasteiger partial charge in [0.25, 0.3) is 5.91 Å². The SMILES string of the molecule is CN(CCc1noc(C2CCCCC2)n1)C(=O)COc1ccccc1. The first-order valence-corrected chi connectivity index (χ1v) is 8.96. The van der Waals surface area contributed by atoms with Crippen molar-refractivity contribution in [3.8, 4) is 5.75 Å². The van der Waals surface area contributed by atoms with Crippen molar-refractivity contribution >= 4 is 5.91 Å². The van der Waals surface area contributed by atoms with Gasteiger partial charge >= 0.3 is 0 Å². The Bertz CT molecular complexity index is 666. The fourth-order valence-corrected chi connectivity index (χ4v) is 3.05. The monoisotopic (exact) mass is 343 g/mol. The lowest BCUT2D eigenvalue weighted by atomic mass is 9.89. The number of carbonyl (C=O) groups is 1. The van der Waals surface area contributed by atoms with E-state index in [0.717, 1.165) is 18.7 Å². The average molecular weight is 343 g/mol. The van der Waals surface area contributed by atoms with E-state index >= 15 is 0 Å². The predicted octanol–water partition coefficient (Wildman–Crippen LogP) is 3.20. The highest BCUT2D eigenvalue weighted by Crippen LogP contribution is 2.31. The third-order valence-corrected chi connectivity index (χ3v) is 4.64. The zero-order chi connectivity index (χ0) is 17.5. The maximum Gasteiger partial charge on any atom is 0.260 e. The van der Waals surface area contributed by atoms with Gasteiger partial charge in [-0.2, -0.15) is 4.98 Å². The van der Waals surface area contributed by atoms with E-state index in [0.29, 0.717) is 30.5 Å². The highest BCUT2D eigenvalue weighted by atomic mass is 16.5. The molecule has 1 heterocycles. The van der Waals surface area contributed by atoms with Crippen molar-refractivity contribution in [2.45, 2.75) is 44.4 Å². The predicted molar refractivity (Wildman–Crippen MR) is 93.4 cm³/mol. The lowest BCUT2D eigenvalue weighted by Gasteiger charge is -2.17. The van der Waals surface area contributed by atoms with E-state index < -0.39 is 0 Å². The average Bonchev–Trinajstić information content (AvgIpc) is 3.15. The highest BCUT2D eigenvalue weighted by molar-refractivity contribution is 5.77. The Balaban J connectivity index is 1.43. The van der Waals surface area contributed by atoms with E-state index in [1.54, 1.807) is 11.9 Å². The van der Waals surface area contributed by atoms with Crippen LogP contribution in [0.4, 0.5) is 0 Å². The van der Waals surface area contributed by atoms with Gasteiger partial charge in [0.1, 0.15) is 5.75 Å². The zero-order valence-corrected chi connectivity index (χ0v) is 14.7. The molecular weight excluding hydrogens is 318 g/mol. The van der Waals surface area contributed by atoms with Crippen LogP contribution in [-0.4, -0.2) is 41.1 Å². The molecule has 0 saturated heterocycles. The Morgan fingerprint density at radius 3 is 2.76 bits per heavy atom. The van der Waals surface area contributed by atoms with Crippen LogP contribution in [0.15, 0.2) is 34.9 Å². The quantitative estimate of drug-likeness (QED) is 0.772. The second-order valence-electron chi connectivity index (χ2n) is 6.55. The van der Waals surface area contributed by atoms with Gasteiger partial charge in [0.2, 0.25) is 5.89 Å². The number of para-hydroxylation sites is 1. The van der Waals surface area contributed by atoms with Gasteiger partial charge in [-0.05, 0) is 25.0 Å². The van der Waals surface area contributed by atoms with Gasteiger partial charge in [0, 0.05) is 25.9 Å². The van der Waals surface area contributed by atoms with E-state index in [4.69, 9.17) is 9.26 Å². The molecule has 0 atom stereocenters. The van der Waals surface area contributed by atoms with Gasteiger partial charge in [-0.3, -0.25) is 4.79 Å². The summed E-state index contributed by atoms with van der Waals surface area (Å²) in [6, 6.07) is 9.33. The minimum Gasteiger partial charge on any atom is -0.484 e. The molecular formula is C19H25N3O3. The summed E-state index contributed by atoms with van der Waals surface area (Å²) >= 11 is 0. The molecule has 1 aromatic carbocycles. The number of carbonyl (C=O) groups excluding carboxylic acids is 1. The van der Waals surface area contributed by atoms with Crippen molar-refractivity contribution < 1.29 is 14.1 Å². The summed E-state index contributed by atoms with van der Waals surface area (Å²) in [7, 11) is 1.76. The number of hydrogen-bond acceptors (Lipinski definition) is 5. The van der Waals surface area contributed by atoms with Crippen LogP contribution in [0.3, 0.4) is 0 Å². The normalized spacial score (nSPS) is 15.1. The fourth-order valence-electron chi connectivity index (χ4n) is 3.05. The van der Waals surface area contributed by atoms with E-state index in [1.165, 1.54) is 19.3 Å². The van der Waals surface area contributed by atoms with Crippen LogP contribution < -0.4 is 4.74 Å². The van der Waals surface area contributed by atoms with Gasteiger partial charge in [-0.1, -0.05) is 42.6 Å². The first kappa shape index (κ1) is 17.5. The van der Waals surface area contributed by atoms with E-state index in [9.17, 15) is 4.79 Å². The second kappa shape index (κ2) is 8.65. The van der Waals surface area contributed by atoms with E-state index in [1.807, 2.05) is 30.3 Å². The summed E-state index contributed by atoms with van der Waals surface area (Å²) in [6.45, 7) is 0.570. The van der Waals surface area contributed by atoms with Crippen molar-refractivity contribution in [2.75, 3.05) is 20.2 Å². The van der Waals surface area contributed by atoms with Gasteiger partial charge in [-0.15, -0.1) is 0 Å². The number of nitrogens with zero attached hydrogens (tertiary/aromatic N) is 3. The van der Waals surface area contributed by atoms with Crippen LogP contribution in [0.1, 0.15) is 49.7 Å². The summed E-state index contributed by atoms with van der Waals surface area (Å²) in [6.07, 6.45) is 6.63. The molecule has 1 aliphatic carbocycles. The number of benzene rings is 1. The molecule has 0 spiro atoms. The third-order valence-electron chi connectivity index (χ3n) is 4.64. The molecule has 6 heteroatoms. The van der Waals surface area contributed by atoms with Crippen LogP contribution in [-0.2, 0) is 11.2 Å². The summed E-state index contributed by atoms with van der Waals surface area (Å²) in [5.41, 5.74) is 0. The molecule has 0 N–H and O–H groups in total. The number of ether oxygens (including phenoxy) is 1. The van der Waals surface area contributed by atoms with Gasteiger partial charge in [-0.25, -0.2) is 0 Å². The molecule has 1 fully saturated rings. The molecule has 1 saturated carbocycles. The molecule has 1 aliphatic rings.